The van der Waals surface area contributed by atoms with Crippen molar-refractivity contribution in [2.45, 2.75) is 6.92 Å². The zero-order valence-corrected chi connectivity index (χ0v) is 14.8. The number of hydrogen-bond donors (Lipinski definition) is 1. The third kappa shape index (κ3) is 2.52. The number of carbonyl (C=O) groups is 1. The topological polar surface area (TPSA) is 50.2 Å². The summed E-state index contributed by atoms with van der Waals surface area (Å²) in [5, 5.41) is 10.3. The van der Waals surface area contributed by atoms with Gasteiger partial charge < -0.3 is 5.11 Å². The first-order valence-corrected chi connectivity index (χ1v) is 8.47. The van der Waals surface area contributed by atoms with Crippen molar-refractivity contribution >= 4 is 60.1 Å². The molecule has 0 aliphatic heterocycles. The van der Waals surface area contributed by atoms with Gasteiger partial charge in [-0.3, -0.25) is 0 Å². The number of thiophene rings is 1. The van der Waals surface area contributed by atoms with Gasteiger partial charge in [-0.1, -0.05) is 22.0 Å². The molecule has 0 bridgehead atoms. The van der Waals surface area contributed by atoms with Gasteiger partial charge in [-0.2, -0.15) is 0 Å². The van der Waals surface area contributed by atoms with Crippen molar-refractivity contribution in [3.8, 4) is 10.6 Å². The van der Waals surface area contributed by atoms with E-state index in [1.165, 1.54) is 11.3 Å². The van der Waals surface area contributed by atoms with Crippen LogP contribution >= 0.6 is 43.2 Å². The Labute approximate surface area is 141 Å². The fraction of sp³-hybridized carbons (Fsp3) is 0.0667. The summed E-state index contributed by atoms with van der Waals surface area (Å²) in [6.07, 6.45) is 0. The minimum Gasteiger partial charge on any atom is -0.478 e. The SMILES string of the molecule is Cc1c(-c2ccc(Br)s2)nc2cccc(Br)c2c1C(=O)O. The van der Waals surface area contributed by atoms with E-state index in [0.717, 1.165) is 13.1 Å². The Hall–Kier alpha value is -1.24. The zero-order valence-electron chi connectivity index (χ0n) is 10.9. The number of halogens is 2. The van der Waals surface area contributed by atoms with Crippen LogP contribution in [0.4, 0.5) is 0 Å². The summed E-state index contributed by atoms with van der Waals surface area (Å²) < 4.78 is 1.73. The number of pyridine rings is 1. The Kier molecular flexibility index (Phi) is 3.86. The Bertz CT molecular complexity index is 873. The molecule has 2 aromatic heterocycles. The highest BCUT2D eigenvalue weighted by Gasteiger charge is 2.20. The molecule has 3 rings (SSSR count). The largest absolute Gasteiger partial charge is 0.478 e. The number of hydrogen-bond acceptors (Lipinski definition) is 3. The van der Waals surface area contributed by atoms with Crippen LogP contribution in [0, 0.1) is 6.92 Å². The van der Waals surface area contributed by atoms with Crippen molar-refractivity contribution in [3.63, 3.8) is 0 Å². The van der Waals surface area contributed by atoms with Crippen LogP contribution in [0.2, 0.25) is 0 Å². The second kappa shape index (κ2) is 5.51. The molecule has 0 unspecified atom stereocenters. The quantitative estimate of drug-likeness (QED) is 0.588. The lowest BCUT2D eigenvalue weighted by Crippen LogP contribution is -2.05. The van der Waals surface area contributed by atoms with Crippen LogP contribution in [-0.4, -0.2) is 16.1 Å². The predicted molar refractivity (Wildman–Crippen MR) is 92.2 cm³/mol. The number of nitrogens with zero attached hydrogens (tertiary/aromatic N) is 1. The Morgan fingerprint density at radius 3 is 2.62 bits per heavy atom. The predicted octanol–water partition coefficient (Wildman–Crippen LogP) is 5.49. The normalized spacial score (nSPS) is 11.0. The zero-order chi connectivity index (χ0) is 15.1. The molecule has 1 aromatic carbocycles. The van der Waals surface area contributed by atoms with E-state index in [4.69, 9.17) is 0 Å². The van der Waals surface area contributed by atoms with E-state index >= 15 is 0 Å². The first-order valence-electron chi connectivity index (χ1n) is 6.07. The number of rotatable bonds is 2. The molecule has 6 heteroatoms. The summed E-state index contributed by atoms with van der Waals surface area (Å²) in [5.74, 6) is -0.941. The van der Waals surface area contributed by atoms with Gasteiger partial charge in [0.15, 0.2) is 0 Å². The van der Waals surface area contributed by atoms with Gasteiger partial charge in [-0.05, 0) is 52.7 Å². The molecular weight excluding hydrogens is 418 g/mol. The number of aromatic nitrogens is 1. The maximum absolute atomic E-state index is 11.7. The van der Waals surface area contributed by atoms with Gasteiger partial charge in [-0.25, -0.2) is 9.78 Å². The van der Waals surface area contributed by atoms with Gasteiger partial charge in [0.2, 0.25) is 0 Å². The molecule has 0 aliphatic rings. The molecule has 2 heterocycles. The first-order chi connectivity index (χ1) is 9.99. The van der Waals surface area contributed by atoms with E-state index in [-0.39, 0.29) is 0 Å². The summed E-state index contributed by atoms with van der Waals surface area (Å²) in [5.41, 5.74) is 2.36. The van der Waals surface area contributed by atoms with Crippen LogP contribution in [-0.2, 0) is 0 Å². The van der Waals surface area contributed by atoms with Crippen molar-refractivity contribution in [2.75, 3.05) is 0 Å². The Balaban J connectivity index is 2.43. The second-order valence-corrected chi connectivity index (χ2v) is 7.82. The van der Waals surface area contributed by atoms with Gasteiger partial charge >= 0.3 is 5.97 Å². The lowest BCUT2D eigenvalue weighted by molar-refractivity contribution is 0.0698. The van der Waals surface area contributed by atoms with Crippen molar-refractivity contribution in [1.82, 2.24) is 4.98 Å². The Morgan fingerprint density at radius 1 is 1.24 bits per heavy atom. The smallest absolute Gasteiger partial charge is 0.336 e. The van der Waals surface area contributed by atoms with E-state index < -0.39 is 5.97 Å². The monoisotopic (exact) mass is 425 g/mol. The van der Waals surface area contributed by atoms with E-state index in [1.807, 2.05) is 30.3 Å². The molecule has 1 N–H and O–H groups in total. The molecule has 0 atom stereocenters. The average molecular weight is 427 g/mol. The minimum absolute atomic E-state index is 0.298. The highest BCUT2D eigenvalue weighted by molar-refractivity contribution is 9.11. The number of carboxylic acid groups (broad SMARTS) is 1. The standard InChI is InChI=1S/C15H9Br2NO2S/c1-7-12(15(19)20)13-8(16)3-2-4-9(13)18-14(7)10-5-6-11(17)21-10/h2-6H,1H3,(H,19,20). The number of carboxylic acids is 1. The molecule has 0 spiro atoms. The number of aromatic carboxylic acids is 1. The lowest BCUT2D eigenvalue weighted by atomic mass is 10.0. The average Bonchev–Trinajstić information content (AvgIpc) is 2.85. The second-order valence-electron chi connectivity index (χ2n) is 4.50. The summed E-state index contributed by atoms with van der Waals surface area (Å²) in [4.78, 5) is 17.3. The molecule has 106 valence electrons. The first kappa shape index (κ1) is 14.7. The molecule has 3 nitrogen and oxygen atoms in total. The molecule has 0 saturated carbocycles. The molecule has 21 heavy (non-hydrogen) atoms. The van der Waals surface area contributed by atoms with E-state index in [2.05, 4.69) is 36.8 Å². The molecular formula is C15H9Br2NO2S. The van der Waals surface area contributed by atoms with E-state index in [0.29, 0.717) is 27.7 Å². The summed E-state index contributed by atoms with van der Waals surface area (Å²) >= 11 is 8.39. The van der Waals surface area contributed by atoms with Gasteiger partial charge in [0.25, 0.3) is 0 Å². The number of benzene rings is 1. The van der Waals surface area contributed by atoms with Crippen LogP contribution < -0.4 is 0 Å². The summed E-state index contributed by atoms with van der Waals surface area (Å²) in [6.45, 7) is 1.80. The Morgan fingerprint density at radius 2 is 2.00 bits per heavy atom. The molecule has 0 saturated heterocycles. The third-order valence-electron chi connectivity index (χ3n) is 3.22. The number of fused-ring (bicyclic) bond motifs is 1. The van der Waals surface area contributed by atoms with Crippen LogP contribution in [0.25, 0.3) is 21.5 Å². The third-order valence-corrected chi connectivity index (χ3v) is 5.52. The van der Waals surface area contributed by atoms with Gasteiger partial charge in [-0.15, -0.1) is 11.3 Å². The van der Waals surface area contributed by atoms with Crippen LogP contribution in [0.15, 0.2) is 38.6 Å². The van der Waals surface area contributed by atoms with Crippen molar-refractivity contribution in [1.29, 1.82) is 0 Å². The van der Waals surface area contributed by atoms with Crippen LogP contribution in [0.3, 0.4) is 0 Å². The van der Waals surface area contributed by atoms with Crippen LogP contribution in [0.5, 0.6) is 0 Å². The summed E-state index contributed by atoms with van der Waals surface area (Å²) in [7, 11) is 0. The van der Waals surface area contributed by atoms with Gasteiger partial charge in [0.05, 0.1) is 25.4 Å². The maximum Gasteiger partial charge on any atom is 0.336 e. The van der Waals surface area contributed by atoms with Gasteiger partial charge in [0, 0.05) is 9.86 Å². The van der Waals surface area contributed by atoms with Crippen molar-refractivity contribution < 1.29 is 9.90 Å². The van der Waals surface area contributed by atoms with Crippen LogP contribution in [0.1, 0.15) is 15.9 Å². The van der Waals surface area contributed by atoms with E-state index in [9.17, 15) is 9.90 Å². The maximum atomic E-state index is 11.7. The molecule has 0 radical (unpaired) electrons. The fourth-order valence-electron chi connectivity index (χ4n) is 2.31. The molecule has 0 fully saturated rings. The molecule has 0 amide bonds. The van der Waals surface area contributed by atoms with Gasteiger partial charge in [0.1, 0.15) is 0 Å². The highest BCUT2D eigenvalue weighted by atomic mass is 79.9. The minimum atomic E-state index is -0.941. The summed E-state index contributed by atoms with van der Waals surface area (Å²) in [6, 6.07) is 9.40. The fourth-order valence-corrected chi connectivity index (χ4v) is 4.30. The molecule has 0 aliphatic carbocycles. The highest BCUT2D eigenvalue weighted by Crippen LogP contribution is 2.37. The lowest BCUT2D eigenvalue weighted by Gasteiger charge is -2.11. The molecule has 3 aromatic rings. The van der Waals surface area contributed by atoms with Crippen molar-refractivity contribution in [2.24, 2.45) is 0 Å². The van der Waals surface area contributed by atoms with E-state index in [1.54, 1.807) is 6.92 Å². The van der Waals surface area contributed by atoms with Crippen molar-refractivity contribution in [3.05, 3.63) is 49.7 Å².